The second-order valence-electron chi connectivity index (χ2n) is 5.74. The maximum Gasteiger partial charge on any atom is 0.273 e. The number of aromatic nitrogens is 1. The number of nitrogens with zero attached hydrogens (tertiary/aromatic N) is 2. The summed E-state index contributed by atoms with van der Waals surface area (Å²) >= 11 is 1.44. The second-order valence-corrected chi connectivity index (χ2v) is 6.68. The average Bonchev–Trinajstić information content (AvgIpc) is 3.24. The molecule has 1 aliphatic rings. The number of likely N-dealkylation sites (tertiary alicyclic amines) is 1. The van der Waals surface area contributed by atoms with Crippen molar-refractivity contribution in [2.45, 2.75) is 19.6 Å². The van der Waals surface area contributed by atoms with Crippen molar-refractivity contribution in [3.05, 3.63) is 52.0 Å². The fraction of sp³-hybridized carbons (Fsp3) is 0.412. The number of hydrogen-bond acceptors (Lipinski definition) is 5. The van der Waals surface area contributed by atoms with Gasteiger partial charge in [0.2, 0.25) is 0 Å². The Kier molecular flexibility index (Phi) is 5.38. The largest absolute Gasteiger partial charge is 0.376 e. The van der Waals surface area contributed by atoms with Crippen LogP contribution in [0.1, 0.15) is 27.5 Å². The maximum absolute atomic E-state index is 12.4. The van der Waals surface area contributed by atoms with Gasteiger partial charge in [-0.05, 0) is 12.0 Å². The summed E-state index contributed by atoms with van der Waals surface area (Å²) in [5, 5.41) is 2.60. The molecule has 1 atom stereocenters. The summed E-state index contributed by atoms with van der Waals surface area (Å²) in [5.74, 6) is 0.404. The van der Waals surface area contributed by atoms with Crippen LogP contribution in [0.5, 0.6) is 0 Å². The molecule has 0 radical (unpaired) electrons. The van der Waals surface area contributed by atoms with Gasteiger partial charge in [0.05, 0.1) is 13.2 Å². The van der Waals surface area contributed by atoms with Gasteiger partial charge >= 0.3 is 0 Å². The average molecular weight is 331 g/mol. The third-order valence-corrected chi connectivity index (χ3v) is 4.85. The zero-order valence-electron chi connectivity index (χ0n) is 13.0. The van der Waals surface area contributed by atoms with Crippen LogP contribution in [0, 0.1) is 5.92 Å². The Bertz CT molecular complexity index is 644. The Labute approximate surface area is 140 Å². The molecule has 23 heavy (non-hydrogen) atoms. The van der Waals surface area contributed by atoms with Gasteiger partial charge in [-0.1, -0.05) is 30.3 Å². The minimum absolute atomic E-state index is 0.00603. The Balaban J connectivity index is 1.45. The smallest absolute Gasteiger partial charge is 0.273 e. The molecule has 122 valence electrons. The van der Waals surface area contributed by atoms with Crippen molar-refractivity contribution < 1.29 is 9.53 Å². The third-order valence-electron chi connectivity index (χ3n) is 3.98. The highest BCUT2D eigenvalue weighted by Crippen LogP contribution is 2.20. The predicted octanol–water partition coefficient (Wildman–Crippen LogP) is 2.28. The van der Waals surface area contributed by atoms with E-state index in [0.29, 0.717) is 31.4 Å². The lowest BCUT2D eigenvalue weighted by atomic mass is 10.1. The highest BCUT2D eigenvalue weighted by Gasteiger charge is 2.28. The van der Waals surface area contributed by atoms with Crippen LogP contribution >= 0.6 is 11.3 Å². The lowest BCUT2D eigenvalue weighted by molar-refractivity contribution is 0.0729. The van der Waals surface area contributed by atoms with Crippen molar-refractivity contribution in [1.82, 2.24) is 9.88 Å². The highest BCUT2D eigenvalue weighted by atomic mass is 32.1. The van der Waals surface area contributed by atoms with Crippen molar-refractivity contribution in [1.29, 1.82) is 0 Å². The van der Waals surface area contributed by atoms with E-state index in [0.717, 1.165) is 24.5 Å². The zero-order valence-corrected chi connectivity index (χ0v) is 13.8. The van der Waals surface area contributed by atoms with Crippen LogP contribution in [-0.2, 0) is 17.9 Å². The molecule has 2 aromatic rings. The first-order chi connectivity index (χ1) is 11.3. The molecule has 0 saturated carbocycles. The Morgan fingerprint density at radius 3 is 2.96 bits per heavy atom. The number of nitrogens with two attached hydrogens (primary N) is 1. The SMILES string of the molecule is NCc1nc(C(=O)N2CCC(COCc3ccccc3)C2)cs1. The van der Waals surface area contributed by atoms with E-state index in [1.165, 1.54) is 16.9 Å². The summed E-state index contributed by atoms with van der Waals surface area (Å²) in [6.07, 6.45) is 0.981. The van der Waals surface area contributed by atoms with Gasteiger partial charge in [-0.2, -0.15) is 0 Å². The first kappa shape index (κ1) is 16.1. The molecule has 3 rings (SSSR count). The summed E-state index contributed by atoms with van der Waals surface area (Å²) in [5.41, 5.74) is 7.24. The second kappa shape index (κ2) is 7.68. The van der Waals surface area contributed by atoms with Gasteiger partial charge in [0.15, 0.2) is 0 Å². The standard InChI is InChI=1S/C17H21N3O2S/c18-8-16-19-15(12-23-16)17(21)20-7-6-14(9-20)11-22-10-13-4-2-1-3-5-13/h1-5,12,14H,6-11,18H2. The molecule has 0 aliphatic carbocycles. The molecule has 2 N–H and O–H groups in total. The minimum atomic E-state index is 0.00603. The monoisotopic (exact) mass is 331 g/mol. The topological polar surface area (TPSA) is 68.5 Å². The summed E-state index contributed by atoms with van der Waals surface area (Å²) in [6, 6.07) is 10.1. The van der Waals surface area contributed by atoms with Crippen LogP contribution in [0.4, 0.5) is 0 Å². The lowest BCUT2D eigenvalue weighted by Gasteiger charge is -2.15. The van der Waals surface area contributed by atoms with E-state index in [4.69, 9.17) is 10.5 Å². The van der Waals surface area contributed by atoms with Crippen molar-refractivity contribution in [3.63, 3.8) is 0 Å². The number of ether oxygens (including phenoxy) is 1. The van der Waals surface area contributed by atoms with Crippen molar-refractivity contribution in [2.24, 2.45) is 11.7 Å². The van der Waals surface area contributed by atoms with E-state index in [9.17, 15) is 4.79 Å². The molecule has 1 saturated heterocycles. The molecule has 0 spiro atoms. The van der Waals surface area contributed by atoms with E-state index in [1.807, 2.05) is 23.1 Å². The van der Waals surface area contributed by atoms with Crippen LogP contribution < -0.4 is 5.73 Å². The Hall–Kier alpha value is -1.76. The lowest BCUT2D eigenvalue weighted by Crippen LogP contribution is -2.29. The van der Waals surface area contributed by atoms with Crippen molar-refractivity contribution in [3.8, 4) is 0 Å². The molecule has 1 unspecified atom stereocenters. The fourth-order valence-corrected chi connectivity index (χ4v) is 3.38. The fourth-order valence-electron chi connectivity index (χ4n) is 2.74. The molecule has 1 fully saturated rings. The van der Waals surface area contributed by atoms with Gasteiger partial charge in [-0.3, -0.25) is 4.79 Å². The van der Waals surface area contributed by atoms with Gasteiger partial charge in [-0.25, -0.2) is 4.98 Å². The molecule has 1 aliphatic heterocycles. The van der Waals surface area contributed by atoms with Crippen molar-refractivity contribution in [2.75, 3.05) is 19.7 Å². The Morgan fingerprint density at radius 2 is 2.22 bits per heavy atom. The van der Waals surface area contributed by atoms with Crippen LogP contribution in [0.25, 0.3) is 0 Å². The first-order valence-corrected chi connectivity index (χ1v) is 8.69. The summed E-state index contributed by atoms with van der Waals surface area (Å²) in [4.78, 5) is 18.5. The third kappa shape index (κ3) is 4.16. The number of amides is 1. The number of carbonyl (C=O) groups is 1. The molecule has 1 aromatic heterocycles. The highest BCUT2D eigenvalue weighted by molar-refractivity contribution is 7.09. The molecule has 5 nitrogen and oxygen atoms in total. The molecule has 1 amide bonds. The Morgan fingerprint density at radius 1 is 1.39 bits per heavy atom. The van der Waals surface area contributed by atoms with Crippen LogP contribution in [0.15, 0.2) is 35.7 Å². The van der Waals surface area contributed by atoms with Crippen LogP contribution in [0.3, 0.4) is 0 Å². The van der Waals surface area contributed by atoms with Gasteiger partial charge in [0.1, 0.15) is 10.7 Å². The number of benzene rings is 1. The van der Waals surface area contributed by atoms with Crippen LogP contribution in [0.2, 0.25) is 0 Å². The molecular formula is C17H21N3O2S. The van der Waals surface area contributed by atoms with Gasteiger partial charge < -0.3 is 15.4 Å². The van der Waals surface area contributed by atoms with E-state index < -0.39 is 0 Å². The molecular weight excluding hydrogens is 310 g/mol. The molecule has 6 heteroatoms. The molecule has 1 aromatic carbocycles. The minimum Gasteiger partial charge on any atom is -0.376 e. The van der Waals surface area contributed by atoms with E-state index in [2.05, 4.69) is 17.1 Å². The summed E-state index contributed by atoms with van der Waals surface area (Å²) < 4.78 is 5.79. The zero-order chi connectivity index (χ0) is 16.1. The number of thiazole rings is 1. The summed E-state index contributed by atoms with van der Waals surface area (Å²) in [6.45, 7) is 3.20. The first-order valence-electron chi connectivity index (χ1n) is 7.81. The van der Waals surface area contributed by atoms with Gasteiger partial charge in [0, 0.05) is 30.9 Å². The van der Waals surface area contributed by atoms with E-state index in [-0.39, 0.29) is 5.91 Å². The quantitative estimate of drug-likeness (QED) is 0.882. The number of rotatable bonds is 6. The van der Waals surface area contributed by atoms with Crippen LogP contribution in [-0.4, -0.2) is 35.5 Å². The van der Waals surface area contributed by atoms with E-state index in [1.54, 1.807) is 5.38 Å². The summed E-state index contributed by atoms with van der Waals surface area (Å²) in [7, 11) is 0. The van der Waals surface area contributed by atoms with Gasteiger partial charge in [0.25, 0.3) is 5.91 Å². The maximum atomic E-state index is 12.4. The predicted molar refractivity (Wildman–Crippen MR) is 90.1 cm³/mol. The van der Waals surface area contributed by atoms with Crippen molar-refractivity contribution >= 4 is 17.2 Å². The van der Waals surface area contributed by atoms with Gasteiger partial charge in [-0.15, -0.1) is 11.3 Å². The molecule has 2 heterocycles. The number of hydrogen-bond donors (Lipinski definition) is 1. The normalized spacial score (nSPS) is 17.6. The number of carbonyl (C=O) groups excluding carboxylic acids is 1. The van der Waals surface area contributed by atoms with E-state index >= 15 is 0 Å². The molecule has 0 bridgehead atoms.